The van der Waals surface area contributed by atoms with Crippen LogP contribution in [0.25, 0.3) is 10.9 Å². The lowest BCUT2D eigenvalue weighted by Crippen LogP contribution is -2.42. The summed E-state index contributed by atoms with van der Waals surface area (Å²) >= 11 is 0. The smallest absolute Gasteiger partial charge is 0.0456 e. The maximum absolute atomic E-state index is 3.42. The van der Waals surface area contributed by atoms with E-state index in [1.165, 1.54) is 92.4 Å². The lowest BCUT2D eigenvalue weighted by molar-refractivity contribution is 0.126. The average molecular weight is 416 g/mol. The minimum absolute atomic E-state index is 0.829. The molecule has 0 saturated carbocycles. The molecule has 1 N–H and O–H groups in total. The van der Waals surface area contributed by atoms with Gasteiger partial charge in [0.25, 0.3) is 0 Å². The number of aryl methyl sites for hydroxylation is 3. The van der Waals surface area contributed by atoms with Gasteiger partial charge < -0.3 is 9.88 Å². The Morgan fingerprint density at radius 1 is 1.00 bits per heavy atom. The van der Waals surface area contributed by atoms with Crippen LogP contribution in [0.4, 0.5) is 0 Å². The van der Waals surface area contributed by atoms with Gasteiger partial charge in [0.1, 0.15) is 0 Å². The fourth-order valence-corrected chi connectivity index (χ4v) is 5.77. The second-order valence-corrected chi connectivity index (χ2v) is 9.96. The molecule has 0 spiro atoms. The summed E-state index contributed by atoms with van der Waals surface area (Å²) in [6.07, 6.45) is 8.62. The number of nitrogens with one attached hydrogen (secondary N) is 1. The Labute approximate surface area is 187 Å². The lowest BCUT2D eigenvalue weighted by Gasteiger charge is -2.37. The highest BCUT2D eigenvalue weighted by Gasteiger charge is 2.24. The Bertz CT molecular complexity index is 1030. The fourth-order valence-electron chi connectivity index (χ4n) is 5.77. The quantitative estimate of drug-likeness (QED) is 0.575. The van der Waals surface area contributed by atoms with Crippen molar-refractivity contribution in [2.24, 2.45) is 5.92 Å². The molecule has 0 aliphatic carbocycles. The van der Waals surface area contributed by atoms with E-state index in [9.17, 15) is 0 Å². The fraction of sp³-hybridized carbons (Fsp3) is 0.500. The van der Waals surface area contributed by atoms with Gasteiger partial charge in [0.2, 0.25) is 0 Å². The lowest BCUT2D eigenvalue weighted by atomic mass is 9.92. The molecular formula is C28H37N3. The number of aromatic amines is 1. The molecule has 3 heteroatoms. The molecule has 3 heterocycles. The van der Waals surface area contributed by atoms with Gasteiger partial charge in [-0.15, -0.1) is 0 Å². The summed E-state index contributed by atoms with van der Waals surface area (Å²) in [5.41, 5.74) is 8.79. The van der Waals surface area contributed by atoms with Crippen molar-refractivity contribution in [3.63, 3.8) is 0 Å². The van der Waals surface area contributed by atoms with Crippen LogP contribution in [0.3, 0.4) is 0 Å². The van der Waals surface area contributed by atoms with Crippen LogP contribution in [-0.2, 0) is 19.4 Å². The normalized spacial score (nSPS) is 20.3. The van der Waals surface area contributed by atoms with Crippen LogP contribution < -0.4 is 0 Å². The van der Waals surface area contributed by atoms with E-state index in [1.54, 1.807) is 11.1 Å². The highest BCUT2D eigenvalue weighted by atomic mass is 15.2. The van der Waals surface area contributed by atoms with Gasteiger partial charge >= 0.3 is 0 Å². The molecule has 0 radical (unpaired) electrons. The Hall–Kier alpha value is -2.10. The summed E-state index contributed by atoms with van der Waals surface area (Å²) in [7, 11) is 0. The van der Waals surface area contributed by atoms with E-state index in [0.717, 1.165) is 12.5 Å². The minimum Gasteiger partial charge on any atom is -0.361 e. The van der Waals surface area contributed by atoms with Crippen molar-refractivity contribution in [1.29, 1.82) is 0 Å². The van der Waals surface area contributed by atoms with E-state index in [-0.39, 0.29) is 0 Å². The van der Waals surface area contributed by atoms with Gasteiger partial charge in [-0.2, -0.15) is 0 Å². The number of benzene rings is 2. The molecule has 2 aliphatic heterocycles. The van der Waals surface area contributed by atoms with Crippen molar-refractivity contribution in [3.8, 4) is 0 Å². The monoisotopic (exact) mass is 415 g/mol. The molecule has 0 amide bonds. The number of rotatable bonds is 6. The van der Waals surface area contributed by atoms with Gasteiger partial charge in [0.15, 0.2) is 0 Å². The van der Waals surface area contributed by atoms with E-state index in [4.69, 9.17) is 0 Å². The van der Waals surface area contributed by atoms with Gasteiger partial charge in [0, 0.05) is 43.3 Å². The van der Waals surface area contributed by atoms with Crippen molar-refractivity contribution >= 4 is 10.9 Å². The second-order valence-electron chi connectivity index (χ2n) is 9.96. The molecule has 1 unspecified atom stereocenters. The van der Waals surface area contributed by atoms with E-state index < -0.39 is 0 Å². The SMILES string of the molecule is Cc1cc2c(cc1C)CN(CC1CCCN(CCCc3c[nH]c4ccccc34)C1)CC2. The maximum atomic E-state index is 3.42. The van der Waals surface area contributed by atoms with Gasteiger partial charge in [-0.25, -0.2) is 0 Å². The van der Waals surface area contributed by atoms with Crippen LogP contribution in [-0.4, -0.2) is 47.5 Å². The van der Waals surface area contributed by atoms with Crippen molar-refractivity contribution < 1.29 is 0 Å². The van der Waals surface area contributed by atoms with Gasteiger partial charge in [-0.3, -0.25) is 4.90 Å². The van der Waals surface area contributed by atoms with Gasteiger partial charge in [0.05, 0.1) is 0 Å². The molecule has 1 aromatic heterocycles. The van der Waals surface area contributed by atoms with Crippen molar-refractivity contribution in [1.82, 2.24) is 14.8 Å². The first-order valence-corrected chi connectivity index (χ1v) is 12.2. The predicted octanol–water partition coefficient (Wildman–Crippen LogP) is 5.49. The largest absolute Gasteiger partial charge is 0.361 e. The summed E-state index contributed by atoms with van der Waals surface area (Å²) in [5, 5.41) is 1.40. The molecular weight excluding hydrogens is 378 g/mol. The standard InChI is InChI=1S/C28H37N3/c1-21-15-24-11-14-31(20-26(24)16-22(21)2)19-23-7-5-12-30(18-23)13-6-8-25-17-29-28-10-4-3-9-27(25)28/h3-4,9-10,15-17,23,29H,5-8,11-14,18-20H2,1-2H3. The topological polar surface area (TPSA) is 22.3 Å². The van der Waals surface area contributed by atoms with E-state index in [0.29, 0.717) is 0 Å². The van der Waals surface area contributed by atoms with Crippen LogP contribution in [0.5, 0.6) is 0 Å². The third-order valence-corrected chi connectivity index (χ3v) is 7.62. The van der Waals surface area contributed by atoms with E-state index in [1.807, 2.05) is 0 Å². The number of para-hydroxylation sites is 1. The molecule has 5 rings (SSSR count). The first-order valence-electron chi connectivity index (χ1n) is 12.2. The molecule has 164 valence electrons. The van der Waals surface area contributed by atoms with Crippen LogP contribution in [0.15, 0.2) is 42.6 Å². The number of nitrogens with zero attached hydrogens (tertiary/aromatic N) is 2. The Kier molecular flexibility index (Phi) is 6.15. The average Bonchev–Trinajstić information content (AvgIpc) is 3.18. The highest BCUT2D eigenvalue weighted by molar-refractivity contribution is 5.82. The first kappa shape index (κ1) is 20.8. The first-order chi connectivity index (χ1) is 15.2. The molecule has 1 saturated heterocycles. The van der Waals surface area contributed by atoms with E-state index >= 15 is 0 Å². The zero-order chi connectivity index (χ0) is 21.2. The van der Waals surface area contributed by atoms with Crippen LogP contribution in [0, 0.1) is 19.8 Å². The number of hydrogen-bond acceptors (Lipinski definition) is 2. The van der Waals surface area contributed by atoms with Crippen molar-refractivity contribution in [3.05, 3.63) is 70.4 Å². The molecule has 1 atom stereocenters. The molecule has 2 aliphatic rings. The van der Waals surface area contributed by atoms with Crippen LogP contribution in [0.1, 0.15) is 47.1 Å². The van der Waals surface area contributed by atoms with Gasteiger partial charge in [-0.05, 0) is 98.8 Å². The summed E-state index contributed by atoms with van der Waals surface area (Å²) in [6.45, 7) is 11.9. The molecule has 3 aromatic rings. The van der Waals surface area contributed by atoms with E-state index in [2.05, 4.69) is 71.2 Å². The Balaban J connectivity index is 1.12. The summed E-state index contributed by atoms with van der Waals surface area (Å²) in [5.74, 6) is 0.829. The highest BCUT2D eigenvalue weighted by Crippen LogP contribution is 2.26. The summed E-state index contributed by atoms with van der Waals surface area (Å²) in [4.78, 5) is 8.87. The molecule has 0 bridgehead atoms. The van der Waals surface area contributed by atoms with Crippen LogP contribution in [0.2, 0.25) is 0 Å². The summed E-state index contributed by atoms with van der Waals surface area (Å²) < 4.78 is 0. The number of likely N-dealkylation sites (tertiary alicyclic amines) is 1. The van der Waals surface area contributed by atoms with Gasteiger partial charge in [-0.1, -0.05) is 30.3 Å². The Morgan fingerprint density at radius 2 is 1.84 bits per heavy atom. The zero-order valence-electron chi connectivity index (χ0n) is 19.3. The third kappa shape index (κ3) is 4.73. The molecule has 31 heavy (non-hydrogen) atoms. The number of hydrogen-bond donors (Lipinski definition) is 1. The maximum Gasteiger partial charge on any atom is 0.0456 e. The predicted molar refractivity (Wildman–Crippen MR) is 131 cm³/mol. The van der Waals surface area contributed by atoms with Crippen molar-refractivity contribution in [2.45, 2.75) is 52.5 Å². The minimum atomic E-state index is 0.829. The molecule has 1 fully saturated rings. The zero-order valence-corrected chi connectivity index (χ0v) is 19.3. The van der Waals surface area contributed by atoms with Crippen molar-refractivity contribution in [2.75, 3.05) is 32.7 Å². The number of H-pyrrole nitrogens is 1. The number of piperidine rings is 1. The molecule has 3 nitrogen and oxygen atoms in total. The molecule has 2 aromatic carbocycles. The third-order valence-electron chi connectivity index (χ3n) is 7.62. The number of aromatic nitrogens is 1. The summed E-state index contributed by atoms with van der Waals surface area (Å²) in [6, 6.07) is 13.6. The Morgan fingerprint density at radius 3 is 2.74 bits per heavy atom. The number of fused-ring (bicyclic) bond motifs is 2. The second kappa shape index (κ2) is 9.18. The van der Waals surface area contributed by atoms with Crippen LogP contribution >= 0.6 is 0 Å².